The van der Waals surface area contributed by atoms with Crippen molar-refractivity contribution in [3.8, 4) is 12.3 Å². The van der Waals surface area contributed by atoms with Crippen molar-refractivity contribution < 1.29 is 4.79 Å². The molecule has 2 heterocycles. The first-order valence-corrected chi connectivity index (χ1v) is 15.5. The number of halogens is 1. The fraction of sp³-hybridized carbons (Fsp3) is 0.576. The van der Waals surface area contributed by atoms with Crippen LogP contribution in [0.1, 0.15) is 94.1 Å². The highest BCUT2D eigenvalue weighted by molar-refractivity contribution is 9.12. The normalized spacial score (nSPS) is 25.9. The second-order valence-corrected chi connectivity index (χ2v) is 13.0. The highest BCUT2D eigenvalue weighted by Crippen LogP contribution is 2.54. The molecule has 3 fully saturated rings. The summed E-state index contributed by atoms with van der Waals surface area (Å²) in [5.41, 5.74) is 6.20. The largest absolute Gasteiger partial charge is 0.303 e. The number of rotatable bonds is 6. The average molecular weight is 575 g/mol. The van der Waals surface area contributed by atoms with Crippen molar-refractivity contribution in [1.29, 1.82) is 0 Å². The van der Waals surface area contributed by atoms with E-state index in [1.165, 1.54) is 61.8 Å². The van der Waals surface area contributed by atoms with Crippen LogP contribution >= 0.6 is 15.9 Å². The van der Waals surface area contributed by atoms with Gasteiger partial charge in [-0.05, 0) is 101 Å². The van der Waals surface area contributed by atoms with E-state index >= 15 is 0 Å². The molecular weight excluding hydrogens is 534 g/mol. The molecule has 1 saturated heterocycles. The van der Waals surface area contributed by atoms with Crippen LogP contribution in [0.15, 0.2) is 45.0 Å². The maximum atomic E-state index is 12.3. The average Bonchev–Trinajstić information content (AvgIpc) is 3.70. The molecule has 2 aliphatic heterocycles. The maximum absolute atomic E-state index is 12.3. The summed E-state index contributed by atoms with van der Waals surface area (Å²) in [6, 6.07) is 7.30. The smallest absolute Gasteiger partial charge is 0.152 e. The number of benzene rings is 1. The van der Waals surface area contributed by atoms with Crippen LogP contribution in [0.2, 0.25) is 0 Å². The monoisotopic (exact) mass is 573 g/mol. The van der Waals surface area contributed by atoms with Crippen molar-refractivity contribution in [2.45, 2.75) is 88.4 Å². The third-order valence-corrected chi connectivity index (χ3v) is 10.9. The number of nitrogens with zero attached hydrogens (tertiary/aromatic N) is 3. The molecule has 4 nitrogen and oxygen atoms in total. The Balaban J connectivity index is 1.31. The number of hydrogen-bond acceptors (Lipinski definition) is 3. The molecule has 200 valence electrons. The summed E-state index contributed by atoms with van der Waals surface area (Å²) in [7, 11) is 1.95. The summed E-state index contributed by atoms with van der Waals surface area (Å²) in [5, 5.41) is 0. The molecule has 1 aromatic rings. The van der Waals surface area contributed by atoms with Gasteiger partial charge in [0.25, 0.3) is 0 Å². The number of anilines is 1. The van der Waals surface area contributed by atoms with Crippen molar-refractivity contribution in [3.63, 3.8) is 0 Å². The highest BCUT2D eigenvalue weighted by Gasteiger charge is 2.50. The zero-order valence-corrected chi connectivity index (χ0v) is 24.4. The third-order valence-electron chi connectivity index (χ3n) is 10.1. The summed E-state index contributed by atoms with van der Waals surface area (Å²) in [5.74, 6) is 4.78. The molecule has 3 aliphatic carbocycles. The van der Waals surface area contributed by atoms with Crippen LogP contribution in [-0.4, -0.2) is 43.7 Å². The lowest BCUT2D eigenvalue weighted by Crippen LogP contribution is -2.42. The molecule has 1 aromatic carbocycles. The second kappa shape index (κ2) is 10.4. The molecule has 6 rings (SSSR count). The van der Waals surface area contributed by atoms with Gasteiger partial charge in [0.15, 0.2) is 6.29 Å². The van der Waals surface area contributed by atoms with E-state index in [1.54, 1.807) is 0 Å². The molecule has 0 radical (unpaired) electrons. The molecule has 0 aromatic heterocycles. The minimum Gasteiger partial charge on any atom is -0.303 e. The van der Waals surface area contributed by atoms with Crippen molar-refractivity contribution in [3.05, 3.63) is 51.2 Å². The van der Waals surface area contributed by atoms with Gasteiger partial charge in [0, 0.05) is 28.2 Å². The van der Waals surface area contributed by atoms with Crippen LogP contribution in [0.3, 0.4) is 0 Å². The summed E-state index contributed by atoms with van der Waals surface area (Å²) in [6.07, 6.45) is 22.7. The lowest BCUT2D eigenvalue weighted by molar-refractivity contribution is -0.104. The number of allylic oxidation sites excluding steroid dienone is 4. The van der Waals surface area contributed by atoms with Gasteiger partial charge in [0.2, 0.25) is 0 Å². The zero-order chi connectivity index (χ0) is 26.3. The number of fused-ring (bicyclic) bond motifs is 2. The van der Waals surface area contributed by atoms with Gasteiger partial charge in [-0.15, -0.1) is 6.42 Å². The lowest BCUT2D eigenvalue weighted by atomic mass is 9.69. The molecule has 0 N–H and O–H groups in total. The SMILES string of the molecule is C#CC1(CCN2CCC(c3ccc4c(c3)N(C3=C(C=O)C(Br)=CCC3)C(=NC)C43CCCCC3)CC2)CC1. The van der Waals surface area contributed by atoms with E-state index in [0.29, 0.717) is 5.92 Å². The van der Waals surface area contributed by atoms with Crippen LogP contribution in [0.4, 0.5) is 5.69 Å². The van der Waals surface area contributed by atoms with Gasteiger partial charge in [-0.1, -0.05) is 59.3 Å². The van der Waals surface area contributed by atoms with Crippen LogP contribution < -0.4 is 4.90 Å². The van der Waals surface area contributed by atoms with E-state index in [2.05, 4.69) is 55.9 Å². The van der Waals surface area contributed by atoms with Gasteiger partial charge in [-0.2, -0.15) is 0 Å². The first kappa shape index (κ1) is 26.1. The second-order valence-electron chi connectivity index (χ2n) is 12.2. The fourth-order valence-electron chi connectivity index (χ4n) is 7.63. The number of hydrogen-bond donors (Lipinski definition) is 0. The summed E-state index contributed by atoms with van der Waals surface area (Å²) < 4.78 is 0.914. The topological polar surface area (TPSA) is 35.9 Å². The van der Waals surface area contributed by atoms with Gasteiger partial charge in [-0.3, -0.25) is 9.79 Å². The summed E-state index contributed by atoms with van der Waals surface area (Å²) in [6.45, 7) is 3.44. The summed E-state index contributed by atoms with van der Waals surface area (Å²) >= 11 is 3.68. The molecular formula is C33H40BrN3O. The number of likely N-dealkylation sites (tertiary alicyclic amines) is 1. The quantitative estimate of drug-likeness (QED) is 0.265. The molecule has 0 amide bonds. The van der Waals surface area contributed by atoms with E-state index in [1.807, 2.05) is 7.05 Å². The molecule has 0 atom stereocenters. The van der Waals surface area contributed by atoms with Crippen LogP contribution in [-0.2, 0) is 10.2 Å². The Kier molecular flexibility index (Phi) is 7.16. The van der Waals surface area contributed by atoms with E-state index in [-0.39, 0.29) is 10.8 Å². The Morgan fingerprint density at radius 3 is 2.58 bits per heavy atom. The van der Waals surface area contributed by atoms with Crippen LogP contribution in [0.5, 0.6) is 0 Å². The number of aldehydes is 1. The molecule has 0 bridgehead atoms. The standard InChI is InChI=1S/C33H40BrN3O/c1-3-32(16-17-32)18-21-36-19-12-24(13-20-36)25-10-11-27-30(22-25)37(29-9-7-8-28(34)26(29)23-38)31(35-2)33(27)14-5-4-6-15-33/h1,8,10-11,22-24H,4-7,9,12-21H2,2H3. The minimum atomic E-state index is -0.0331. The van der Waals surface area contributed by atoms with Crippen LogP contribution in [0, 0.1) is 17.8 Å². The summed E-state index contributed by atoms with van der Waals surface area (Å²) in [4.78, 5) is 22.3. The van der Waals surface area contributed by atoms with Gasteiger partial charge in [-0.25, -0.2) is 0 Å². The Bertz CT molecular complexity index is 1230. The molecule has 38 heavy (non-hydrogen) atoms. The maximum Gasteiger partial charge on any atom is 0.152 e. The Labute approximate surface area is 236 Å². The van der Waals surface area contributed by atoms with Crippen molar-refractivity contribution in [2.24, 2.45) is 10.4 Å². The molecule has 0 unspecified atom stereocenters. The third kappa shape index (κ3) is 4.42. The van der Waals surface area contributed by atoms with Crippen molar-refractivity contribution in [2.75, 3.05) is 31.6 Å². The van der Waals surface area contributed by atoms with E-state index in [4.69, 9.17) is 11.4 Å². The van der Waals surface area contributed by atoms with Gasteiger partial charge in [0.05, 0.1) is 11.1 Å². The van der Waals surface area contributed by atoms with E-state index in [0.717, 1.165) is 79.6 Å². The molecule has 5 aliphatic rings. The number of aliphatic imine (C=N–C) groups is 1. The van der Waals surface area contributed by atoms with Gasteiger partial charge >= 0.3 is 0 Å². The highest BCUT2D eigenvalue weighted by atomic mass is 79.9. The fourth-order valence-corrected chi connectivity index (χ4v) is 8.18. The Morgan fingerprint density at radius 2 is 1.92 bits per heavy atom. The zero-order valence-electron chi connectivity index (χ0n) is 22.8. The molecule has 1 spiro atoms. The van der Waals surface area contributed by atoms with Crippen molar-refractivity contribution in [1.82, 2.24) is 4.90 Å². The minimum absolute atomic E-state index is 0.0331. The number of amidine groups is 1. The van der Waals surface area contributed by atoms with E-state index in [9.17, 15) is 4.79 Å². The first-order valence-electron chi connectivity index (χ1n) is 14.7. The van der Waals surface area contributed by atoms with Crippen molar-refractivity contribution >= 4 is 33.7 Å². The van der Waals surface area contributed by atoms with E-state index < -0.39 is 0 Å². The molecule has 5 heteroatoms. The lowest BCUT2D eigenvalue weighted by Gasteiger charge is -2.36. The Hall–Kier alpha value is -2.16. The number of piperidine rings is 1. The number of terminal acetylenes is 1. The first-order chi connectivity index (χ1) is 18.5. The predicted octanol–water partition coefficient (Wildman–Crippen LogP) is 7.25. The predicted molar refractivity (Wildman–Crippen MR) is 160 cm³/mol. The Morgan fingerprint density at radius 1 is 1.16 bits per heavy atom. The number of carbonyl (C=O) groups excluding carboxylic acids is 1. The van der Waals surface area contributed by atoms with Crippen LogP contribution in [0.25, 0.3) is 0 Å². The van der Waals surface area contributed by atoms with Gasteiger partial charge < -0.3 is 9.80 Å². The number of carbonyl (C=O) groups is 1. The van der Waals surface area contributed by atoms with Gasteiger partial charge in [0.1, 0.15) is 5.84 Å². The molecule has 2 saturated carbocycles.